The maximum atomic E-state index is 13.0. The Balaban J connectivity index is 1.59. The minimum absolute atomic E-state index is 0.0867. The maximum absolute atomic E-state index is 13.0. The smallest absolute Gasteiger partial charge is 0.426 e. The number of amides is 2. The molecule has 2 heterocycles. The summed E-state index contributed by atoms with van der Waals surface area (Å²) >= 11 is 0. The largest absolute Gasteiger partial charge is 0.478 e. The van der Waals surface area contributed by atoms with E-state index in [0.717, 1.165) is 32.1 Å². The predicted octanol–water partition coefficient (Wildman–Crippen LogP) is -1.48. The van der Waals surface area contributed by atoms with Gasteiger partial charge in [0.2, 0.25) is 11.8 Å². The number of likely N-dealkylation sites (N-methyl/N-ethyl adjacent to an activating group) is 1. The second kappa shape index (κ2) is 11.3. The van der Waals surface area contributed by atoms with Crippen molar-refractivity contribution < 1.29 is 29.3 Å². The van der Waals surface area contributed by atoms with E-state index in [0.29, 0.717) is 19.0 Å². The van der Waals surface area contributed by atoms with Crippen LogP contribution in [0, 0.1) is 0 Å². The molecule has 2 unspecified atom stereocenters. The molecule has 10 nitrogen and oxygen atoms in total. The van der Waals surface area contributed by atoms with E-state index in [4.69, 9.17) is 4.65 Å². The number of nitrogens with one attached hydrogen (secondary N) is 2. The summed E-state index contributed by atoms with van der Waals surface area (Å²) in [5, 5.41) is 36.8. The molecule has 0 aromatic heterocycles. The van der Waals surface area contributed by atoms with Crippen molar-refractivity contribution in [2.45, 2.75) is 94.9 Å². The highest BCUT2D eigenvalue weighted by atomic mass is 16.5. The van der Waals surface area contributed by atoms with E-state index in [1.54, 1.807) is 25.8 Å². The fourth-order valence-corrected chi connectivity index (χ4v) is 5.25. The fraction of sp³-hybridized carbons (Fsp3) is 0.900. The number of carbonyl (C=O) groups is 2. The summed E-state index contributed by atoms with van der Waals surface area (Å²) in [6.07, 6.45) is 5.49. The SMILES string of the molecule is CN[C@@H](C)C(=O)N1CCCC1B(O)OC1C[C@@H](B(O)O)N(C(=O)[C@H](C)NC2CCCC2)C1. The minimum atomic E-state index is -1.69. The van der Waals surface area contributed by atoms with Crippen molar-refractivity contribution in [2.24, 2.45) is 0 Å². The van der Waals surface area contributed by atoms with Crippen molar-refractivity contribution in [1.82, 2.24) is 20.4 Å². The van der Waals surface area contributed by atoms with E-state index in [-0.39, 0.29) is 30.8 Å². The molecule has 0 spiro atoms. The molecule has 2 aliphatic heterocycles. The first-order valence-electron chi connectivity index (χ1n) is 12.0. The van der Waals surface area contributed by atoms with E-state index in [2.05, 4.69) is 10.6 Å². The van der Waals surface area contributed by atoms with Crippen molar-refractivity contribution in [2.75, 3.05) is 20.1 Å². The normalized spacial score (nSPS) is 28.2. The van der Waals surface area contributed by atoms with Gasteiger partial charge in [-0.1, -0.05) is 12.8 Å². The van der Waals surface area contributed by atoms with Crippen LogP contribution in [0.3, 0.4) is 0 Å². The van der Waals surface area contributed by atoms with Gasteiger partial charge in [-0.05, 0) is 53.0 Å². The summed E-state index contributed by atoms with van der Waals surface area (Å²) in [7, 11) is -1.17. The molecular formula is C20H38B2N4O6. The average molecular weight is 452 g/mol. The first-order chi connectivity index (χ1) is 15.2. The third kappa shape index (κ3) is 5.84. The first kappa shape index (κ1) is 25.5. The van der Waals surface area contributed by atoms with Crippen molar-refractivity contribution in [3.05, 3.63) is 0 Å². The Hall–Kier alpha value is -1.17. The zero-order chi connectivity index (χ0) is 23.4. The van der Waals surface area contributed by atoms with Crippen LogP contribution in [0.15, 0.2) is 0 Å². The number of carbonyl (C=O) groups excluding carboxylic acids is 2. The summed E-state index contributed by atoms with van der Waals surface area (Å²) < 4.78 is 5.87. The molecule has 0 bridgehead atoms. The fourth-order valence-electron chi connectivity index (χ4n) is 5.25. The van der Waals surface area contributed by atoms with Crippen LogP contribution in [-0.2, 0) is 14.2 Å². The Kier molecular flexibility index (Phi) is 8.99. The Bertz CT molecular complexity index is 654. The molecule has 0 aromatic carbocycles. The molecule has 5 N–H and O–H groups in total. The lowest BCUT2D eigenvalue weighted by molar-refractivity contribution is -0.133. The number of hydrogen-bond acceptors (Lipinski definition) is 8. The van der Waals surface area contributed by atoms with Crippen molar-refractivity contribution >= 4 is 26.1 Å². The predicted molar refractivity (Wildman–Crippen MR) is 121 cm³/mol. The van der Waals surface area contributed by atoms with Gasteiger partial charge in [-0.15, -0.1) is 0 Å². The zero-order valence-corrected chi connectivity index (χ0v) is 19.4. The Morgan fingerprint density at radius 2 is 1.62 bits per heavy atom. The lowest BCUT2D eigenvalue weighted by Crippen LogP contribution is -2.53. The van der Waals surface area contributed by atoms with Gasteiger partial charge in [-0.2, -0.15) is 0 Å². The van der Waals surface area contributed by atoms with Gasteiger partial charge in [-0.25, -0.2) is 0 Å². The number of likely N-dealkylation sites (tertiary alicyclic amines) is 2. The standard InChI is InChI=1S/C20H38B2N4O6/c1-13(23-3)19(27)25-10-6-9-17(25)22(31)32-16-11-18(21(29)30)26(12-16)20(28)14(2)24-15-7-4-5-8-15/h13-18,23-24,29-31H,4-12H2,1-3H3/t13-,14-,16?,17?,18-/m0/s1. The van der Waals surface area contributed by atoms with Crippen LogP contribution in [0.2, 0.25) is 0 Å². The van der Waals surface area contributed by atoms with E-state index in [1.165, 1.54) is 4.90 Å². The molecular weight excluding hydrogens is 414 g/mol. The van der Waals surface area contributed by atoms with Crippen LogP contribution < -0.4 is 10.6 Å². The van der Waals surface area contributed by atoms with Crippen molar-refractivity contribution in [3.8, 4) is 0 Å². The maximum Gasteiger partial charge on any atom is 0.478 e. The van der Waals surface area contributed by atoms with Gasteiger partial charge >= 0.3 is 14.2 Å². The van der Waals surface area contributed by atoms with Crippen LogP contribution in [0.5, 0.6) is 0 Å². The second-order valence-electron chi connectivity index (χ2n) is 9.48. The van der Waals surface area contributed by atoms with E-state index in [9.17, 15) is 24.7 Å². The van der Waals surface area contributed by atoms with Crippen LogP contribution in [0.4, 0.5) is 0 Å². The average Bonchev–Trinajstić information content (AvgIpc) is 3.52. The summed E-state index contributed by atoms with van der Waals surface area (Å²) in [4.78, 5) is 28.7. The number of nitrogens with zero attached hydrogens (tertiary/aromatic N) is 2. The molecule has 0 aromatic rings. The molecule has 1 saturated carbocycles. The van der Waals surface area contributed by atoms with Gasteiger partial charge in [0.25, 0.3) is 0 Å². The second-order valence-corrected chi connectivity index (χ2v) is 9.48. The molecule has 2 amide bonds. The Labute approximate surface area is 191 Å². The van der Waals surface area contributed by atoms with Gasteiger partial charge in [0.15, 0.2) is 0 Å². The highest BCUT2D eigenvalue weighted by Gasteiger charge is 2.47. The van der Waals surface area contributed by atoms with Crippen LogP contribution in [-0.4, -0.2) is 107 Å². The summed E-state index contributed by atoms with van der Waals surface area (Å²) in [6, 6.07) is -0.479. The molecule has 180 valence electrons. The molecule has 3 rings (SSSR count). The monoisotopic (exact) mass is 452 g/mol. The molecule has 2 saturated heterocycles. The summed E-state index contributed by atoms with van der Waals surface area (Å²) in [6.45, 7) is 4.31. The van der Waals surface area contributed by atoms with Gasteiger partial charge in [-0.3, -0.25) is 9.59 Å². The Morgan fingerprint density at radius 3 is 2.25 bits per heavy atom. The molecule has 12 heteroatoms. The molecule has 32 heavy (non-hydrogen) atoms. The van der Waals surface area contributed by atoms with Crippen LogP contribution in [0.25, 0.3) is 0 Å². The summed E-state index contributed by atoms with van der Waals surface area (Å²) in [5.74, 6) is -1.53. The van der Waals surface area contributed by atoms with Gasteiger partial charge in [0.05, 0.1) is 30.1 Å². The van der Waals surface area contributed by atoms with Gasteiger partial charge < -0.3 is 40.2 Å². The summed E-state index contributed by atoms with van der Waals surface area (Å²) in [5.41, 5.74) is 0. The lowest BCUT2D eigenvalue weighted by atomic mass is 9.75. The number of hydrogen-bond donors (Lipinski definition) is 5. The molecule has 5 atom stereocenters. The molecule has 0 radical (unpaired) electrons. The quantitative estimate of drug-likeness (QED) is 0.268. The van der Waals surface area contributed by atoms with Crippen molar-refractivity contribution in [1.29, 1.82) is 0 Å². The highest BCUT2D eigenvalue weighted by molar-refractivity contribution is 6.45. The molecule has 3 aliphatic rings. The third-order valence-electron chi connectivity index (χ3n) is 7.19. The first-order valence-corrected chi connectivity index (χ1v) is 12.0. The lowest BCUT2D eigenvalue weighted by Gasteiger charge is -2.30. The van der Waals surface area contributed by atoms with E-state index < -0.39 is 38.3 Å². The highest BCUT2D eigenvalue weighted by Crippen LogP contribution is 2.26. The minimum Gasteiger partial charge on any atom is -0.426 e. The third-order valence-corrected chi connectivity index (χ3v) is 7.19. The zero-order valence-electron chi connectivity index (χ0n) is 19.4. The molecule has 3 fully saturated rings. The van der Waals surface area contributed by atoms with E-state index in [1.807, 2.05) is 0 Å². The topological polar surface area (TPSA) is 135 Å². The van der Waals surface area contributed by atoms with Crippen LogP contribution >= 0.6 is 0 Å². The van der Waals surface area contributed by atoms with Crippen molar-refractivity contribution in [3.63, 3.8) is 0 Å². The number of rotatable bonds is 9. The Morgan fingerprint density at radius 1 is 0.969 bits per heavy atom. The van der Waals surface area contributed by atoms with Gasteiger partial charge in [0.1, 0.15) is 0 Å². The van der Waals surface area contributed by atoms with E-state index >= 15 is 0 Å². The van der Waals surface area contributed by atoms with Crippen LogP contribution in [0.1, 0.15) is 58.8 Å². The molecule has 1 aliphatic carbocycles. The van der Waals surface area contributed by atoms with Gasteiger partial charge in [0, 0.05) is 19.1 Å².